The third-order valence-electron chi connectivity index (χ3n) is 1.53. The summed E-state index contributed by atoms with van der Waals surface area (Å²) in [6.07, 6.45) is 0. The molecule has 1 aromatic carbocycles. The minimum absolute atomic E-state index is 0.232. The summed E-state index contributed by atoms with van der Waals surface area (Å²) in [5, 5.41) is 0. The molecular formula is C8H10NO2S. The highest BCUT2D eigenvalue weighted by atomic mass is 32.2. The molecule has 1 radical (unpaired) electrons. The van der Waals surface area contributed by atoms with Gasteiger partial charge >= 0.3 is 0 Å². The molecule has 0 saturated carbocycles. The maximum Gasteiger partial charge on any atom is 0.196 e. The average Bonchev–Trinajstić information content (AvgIpc) is 2.05. The topological polar surface area (TPSA) is 60.2 Å². The highest BCUT2D eigenvalue weighted by molar-refractivity contribution is 7.93. The molecule has 0 saturated heterocycles. The zero-order valence-corrected chi connectivity index (χ0v) is 7.51. The molecule has 0 aliphatic carbocycles. The monoisotopic (exact) mass is 184 g/mol. The number of rotatable bonds is 2. The Morgan fingerprint density at radius 1 is 1.25 bits per heavy atom. The summed E-state index contributed by atoms with van der Waals surface area (Å²) >= 11 is 0. The van der Waals surface area contributed by atoms with E-state index >= 15 is 0 Å². The molecule has 12 heavy (non-hydrogen) atoms. The zero-order chi connectivity index (χ0) is 9.19. The predicted molar refractivity (Wildman–Crippen MR) is 46.9 cm³/mol. The van der Waals surface area contributed by atoms with Crippen molar-refractivity contribution < 1.29 is 8.42 Å². The Hall–Kier alpha value is -0.870. The lowest BCUT2D eigenvalue weighted by Gasteiger charge is -1.99. The normalized spacial score (nSPS) is 11.5. The van der Waals surface area contributed by atoms with Gasteiger partial charge in [-0.05, 0) is 19.1 Å². The van der Waals surface area contributed by atoms with Crippen LogP contribution in [0.25, 0.3) is 0 Å². The van der Waals surface area contributed by atoms with Gasteiger partial charge in [0.2, 0.25) is 0 Å². The van der Waals surface area contributed by atoms with Crippen molar-refractivity contribution in [3.05, 3.63) is 35.7 Å². The van der Waals surface area contributed by atoms with Crippen LogP contribution >= 0.6 is 0 Å². The van der Waals surface area contributed by atoms with Crippen LogP contribution < -0.4 is 5.73 Å². The average molecular weight is 184 g/mol. The largest absolute Gasteiger partial charge is 0.313 e. The minimum Gasteiger partial charge on any atom is -0.313 e. The Morgan fingerprint density at radius 3 is 2.17 bits per heavy atom. The van der Waals surface area contributed by atoms with E-state index in [4.69, 9.17) is 5.73 Å². The second-order valence-corrected chi connectivity index (χ2v) is 4.33. The van der Waals surface area contributed by atoms with Crippen LogP contribution in [-0.4, -0.2) is 8.42 Å². The number of hydrogen-bond acceptors (Lipinski definition) is 3. The molecule has 65 valence electrons. The molecule has 3 nitrogen and oxygen atoms in total. The van der Waals surface area contributed by atoms with Crippen molar-refractivity contribution in [2.75, 3.05) is 0 Å². The summed E-state index contributed by atoms with van der Waals surface area (Å²) in [6.45, 7) is 1.89. The molecule has 0 fully saturated rings. The zero-order valence-electron chi connectivity index (χ0n) is 6.69. The Kier molecular flexibility index (Phi) is 2.49. The standard InChI is InChI=1S/C8H10NO2S/c1-7-2-4-8(5-3-7)12(10,11)6-9/h2-6H,9H2,1H3. The summed E-state index contributed by atoms with van der Waals surface area (Å²) in [4.78, 5) is 0.232. The summed E-state index contributed by atoms with van der Waals surface area (Å²) in [6, 6.07) is 6.54. The first-order valence-electron chi connectivity index (χ1n) is 3.43. The van der Waals surface area contributed by atoms with Gasteiger partial charge in [0, 0.05) is 0 Å². The van der Waals surface area contributed by atoms with Crippen LogP contribution in [-0.2, 0) is 9.84 Å². The molecule has 0 aliphatic heterocycles. The maximum atomic E-state index is 11.1. The van der Waals surface area contributed by atoms with Gasteiger partial charge in [0.15, 0.2) is 9.84 Å². The first kappa shape index (κ1) is 9.22. The van der Waals surface area contributed by atoms with Crippen molar-refractivity contribution in [3.8, 4) is 0 Å². The second-order valence-electron chi connectivity index (χ2n) is 2.49. The minimum atomic E-state index is -3.36. The van der Waals surface area contributed by atoms with E-state index in [0.29, 0.717) is 5.88 Å². The van der Waals surface area contributed by atoms with E-state index in [9.17, 15) is 8.42 Å². The van der Waals surface area contributed by atoms with Gasteiger partial charge in [0.1, 0.15) is 5.88 Å². The molecule has 1 aromatic rings. The van der Waals surface area contributed by atoms with Gasteiger partial charge in [-0.15, -0.1) is 0 Å². The molecule has 0 heterocycles. The van der Waals surface area contributed by atoms with Gasteiger partial charge in [-0.1, -0.05) is 17.7 Å². The van der Waals surface area contributed by atoms with Gasteiger partial charge in [-0.2, -0.15) is 0 Å². The second kappa shape index (κ2) is 3.25. The molecule has 4 heteroatoms. The van der Waals surface area contributed by atoms with Crippen molar-refractivity contribution in [1.29, 1.82) is 0 Å². The lowest BCUT2D eigenvalue weighted by atomic mass is 10.2. The lowest BCUT2D eigenvalue weighted by Crippen LogP contribution is -2.07. The molecule has 2 N–H and O–H groups in total. The van der Waals surface area contributed by atoms with Crippen LogP contribution in [0.3, 0.4) is 0 Å². The number of hydrogen-bond donors (Lipinski definition) is 1. The van der Waals surface area contributed by atoms with Gasteiger partial charge in [0.25, 0.3) is 0 Å². The predicted octanol–water partition coefficient (Wildman–Crippen LogP) is 0.847. The Labute approximate surface area is 72.1 Å². The molecule has 0 spiro atoms. The molecule has 0 unspecified atom stereocenters. The van der Waals surface area contributed by atoms with Crippen molar-refractivity contribution in [2.24, 2.45) is 5.73 Å². The molecule has 0 amide bonds. The van der Waals surface area contributed by atoms with Crippen molar-refractivity contribution in [1.82, 2.24) is 0 Å². The van der Waals surface area contributed by atoms with Crippen molar-refractivity contribution in [3.63, 3.8) is 0 Å². The van der Waals surface area contributed by atoms with E-state index in [-0.39, 0.29) is 4.90 Å². The third kappa shape index (κ3) is 1.84. The first-order chi connectivity index (χ1) is 5.56. The van der Waals surface area contributed by atoms with Gasteiger partial charge in [-0.25, -0.2) is 8.42 Å². The summed E-state index contributed by atoms with van der Waals surface area (Å²) < 4.78 is 22.3. The van der Waals surface area contributed by atoms with Gasteiger partial charge < -0.3 is 5.73 Å². The number of sulfone groups is 1. The molecule has 0 aliphatic rings. The van der Waals surface area contributed by atoms with E-state index in [1.54, 1.807) is 12.1 Å². The summed E-state index contributed by atoms with van der Waals surface area (Å²) in [5.74, 6) is 0.706. The fraction of sp³-hybridized carbons (Fsp3) is 0.125. The van der Waals surface area contributed by atoms with Crippen molar-refractivity contribution in [2.45, 2.75) is 11.8 Å². The van der Waals surface area contributed by atoms with E-state index in [2.05, 4.69) is 0 Å². The van der Waals surface area contributed by atoms with E-state index in [1.807, 2.05) is 6.92 Å². The SMILES string of the molecule is Cc1ccc(S(=O)(=O)[CH]N)cc1. The van der Waals surface area contributed by atoms with Crippen LogP contribution in [0.2, 0.25) is 0 Å². The molecule has 0 aromatic heterocycles. The molecule has 0 atom stereocenters. The van der Waals surface area contributed by atoms with Gasteiger partial charge in [-0.3, -0.25) is 0 Å². The number of aryl methyl sites for hydroxylation is 1. The van der Waals surface area contributed by atoms with E-state index < -0.39 is 9.84 Å². The van der Waals surface area contributed by atoms with Crippen LogP contribution in [0.1, 0.15) is 5.56 Å². The fourth-order valence-electron chi connectivity index (χ4n) is 0.807. The smallest absolute Gasteiger partial charge is 0.196 e. The highest BCUT2D eigenvalue weighted by Gasteiger charge is 2.10. The van der Waals surface area contributed by atoms with Crippen molar-refractivity contribution >= 4 is 9.84 Å². The summed E-state index contributed by atoms with van der Waals surface area (Å²) in [5.41, 5.74) is 5.98. The Morgan fingerprint density at radius 2 is 1.75 bits per heavy atom. The number of benzene rings is 1. The Balaban J connectivity index is 3.14. The van der Waals surface area contributed by atoms with Crippen LogP contribution in [0, 0.1) is 12.8 Å². The fourth-order valence-corrected chi connectivity index (χ4v) is 1.48. The van der Waals surface area contributed by atoms with E-state index in [1.165, 1.54) is 12.1 Å². The highest BCUT2D eigenvalue weighted by Crippen LogP contribution is 2.11. The van der Waals surface area contributed by atoms with Crippen LogP contribution in [0.15, 0.2) is 29.2 Å². The van der Waals surface area contributed by atoms with Crippen LogP contribution in [0.5, 0.6) is 0 Å². The molecule has 1 rings (SSSR count). The summed E-state index contributed by atoms with van der Waals surface area (Å²) in [7, 11) is -3.36. The van der Waals surface area contributed by atoms with Gasteiger partial charge in [0.05, 0.1) is 4.90 Å². The quantitative estimate of drug-likeness (QED) is 0.741. The maximum absolute atomic E-state index is 11.1. The van der Waals surface area contributed by atoms with Crippen LogP contribution in [0.4, 0.5) is 0 Å². The molecular weight excluding hydrogens is 174 g/mol. The molecule has 0 bridgehead atoms. The third-order valence-corrected chi connectivity index (χ3v) is 2.82. The van der Waals surface area contributed by atoms with E-state index in [0.717, 1.165) is 5.56 Å². The first-order valence-corrected chi connectivity index (χ1v) is 4.97. The lowest BCUT2D eigenvalue weighted by molar-refractivity contribution is 0.601. The number of nitrogens with two attached hydrogens (primary N) is 1. The Bertz CT molecular complexity index is 353.